The van der Waals surface area contributed by atoms with Gasteiger partial charge in [0.2, 0.25) is 5.91 Å². The predicted octanol–water partition coefficient (Wildman–Crippen LogP) is 3.57. The summed E-state index contributed by atoms with van der Waals surface area (Å²) in [5.41, 5.74) is 2.07. The number of hydrogen-bond donors (Lipinski definition) is 1. The van der Waals surface area contributed by atoms with Crippen molar-refractivity contribution in [3.63, 3.8) is 0 Å². The molecule has 0 fully saturated rings. The Balaban J connectivity index is 1.49. The number of rotatable bonds is 8. The summed E-state index contributed by atoms with van der Waals surface area (Å²) in [7, 11) is 4.73. The lowest BCUT2D eigenvalue weighted by molar-refractivity contribution is -0.113. The minimum absolute atomic E-state index is 0.162. The maximum absolute atomic E-state index is 12.5. The van der Waals surface area contributed by atoms with Gasteiger partial charge in [-0.05, 0) is 36.4 Å². The van der Waals surface area contributed by atoms with E-state index in [0.717, 1.165) is 16.8 Å². The van der Waals surface area contributed by atoms with Gasteiger partial charge in [0.1, 0.15) is 28.6 Å². The first-order valence-electron chi connectivity index (χ1n) is 9.60. The SMILES string of the molecule is COc1ccc(-n2ncc3c(SCC(=O)Nc4ccc(OC)cc4OC)ncnc32)cc1. The van der Waals surface area contributed by atoms with Crippen LogP contribution in [-0.2, 0) is 4.79 Å². The molecule has 2 heterocycles. The van der Waals surface area contributed by atoms with Gasteiger partial charge in [-0.25, -0.2) is 14.6 Å². The number of nitrogens with one attached hydrogen (secondary N) is 1. The topological polar surface area (TPSA) is 100 Å². The molecule has 10 heteroatoms. The van der Waals surface area contributed by atoms with Gasteiger partial charge in [0.05, 0.1) is 50.0 Å². The van der Waals surface area contributed by atoms with Crippen LogP contribution in [-0.4, -0.2) is 52.7 Å². The third-order valence-electron chi connectivity index (χ3n) is 4.67. The molecule has 4 aromatic rings. The van der Waals surface area contributed by atoms with Crippen molar-refractivity contribution in [1.82, 2.24) is 19.7 Å². The second-order valence-electron chi connectivity index (χ2n) is 6.57. The van der Waals surface area contributed by atoms with Crippen molar-refractivity contribution in [2.75, 3.05) is 32.4 Å². The smallest absolute Gasteiger partial charge is 0.234 e. The molecule has 1 amide bonds. The van der Waals surface area contributed by atoms with Crippen molar-refractivity contribution in [2.24, 2.45) is 0 Å². The average Bonchev–Trinajstić information content (AvgIpc) is 3.28. The van der Waals surface area contributed by atoms with Crippen LogP contribution in [0.5, 0.6) is 17.2 Å². The molecule has 4 rings (SSSR count). The van der Waals surface area contributed by atoms with E-state index in [1.165, 1.54) is 25.2 Å². The third kappa shape index (κ3) is 4.45. The van der Waals surface area contributed by atoms with Crippen molar-refractivity contribution in [2.45, 2.75) is 5.03 Å². The number of amides is 1. The standard InChI is InChI=1S/C22H21N5O4S/c1-29-15-6-4-14(5-7-15)27-21-17(11-25-27)22(24-13-23-21)32-12-20(28)26-18-9-8-16(30-2)10-19(18)31-3/h4-11,13H,12H2,1-3H3,(H,26,28). The monoisotopic (exact) mass is 451 g/mol. The van der Waals surface area contributed by atoms with Gasteiger partial charge in [-0.15, -0.1) is 0 Å². The predicted molar refractivity (Wildman–Crippen MR) is 122 cm³/mol. The van der Waals surface area contributed by atoms with Crippen LogP contribution < -0.4 is 19.5 Å². The molecular weight excluding hydrogens is 430 g/mol. The van der Waals surface area contributed by atoms with Crippen LogP contribution >= 0.6 is 11.8 Å². The average molecular weight is 452 g/mol. The van der Waals surface area contributed by atoms with Crippen molar-refractivity contribution >= 4 is 34.4 Å². The molecule has 0 aliphatic heterocycles. The molecule has 0 bridgehead atoms. The Bertz CT molecular complexity index is 1240. The molecule has 0 radical (unpaired) electrons. The fourth-order valence-corrected chi connectivity index (χ4v) is 3.83. The highest BCUT2D eigenvalue weighted by molar-refractivity contribution is 8.00. The summed E-state index contributed by atoms with van der Waals surface area (Å²) in [6.45, 7) is 0. The number of carbonyl (C=O) groups excluding carboxylic acids is 1. The molecule has 164 valence electrons. The highest BCUT2D eigenvalue weighted by Gasteiger charge is 2.14. The number of anilines is 1. The second-order valence-corrected chi connectivity index (χ2v) is 7.54. The normalized spacial score (nSPS) is 10.7. The van der Waals surface area contributed by atoms with E-state index in [-0.39, 0.29) is 11.7 Å². The summed E-state index contributed by atoms with van der Waals surface area (Å²) < 4.78 is 17.4. The Labute approximate surface area is 188 Å². The van der Waals surface area contributed by atoms with Crippen LogP contribution in [0.25, 0.3) is 16.7 Å². The van der Waals surface area contributed by atoms with E-state index < -0.39 is 0 Å². The van der Waals surface area contributed by atoms with Crippen molar-refractivity contribution in [1.29, 1.82) is 0 Å². The molecule has 0 aliphatic carbocycles. The largest absolute Gasteiger partial charge is 0.497 e. The van der Waals surface area contributed by atoms with Crippen molar-refractivity contribution < 1.29 is 19.0 Å². The highest BCUT2D eigenvalue weighted by Crippen LogP contribution is 2.30. The molecule has 1 N–H and O–H groups in total. The number of benzene rings is 2. The van der Waals surface area contributed by atoms with Gasteiger partial charge in [-0.2, -0.15) is 5.10 Å². The molecule has 2 aromatic heterocycles. The van der Waals surface area contributed by atoms with Gasteiger partial charge in [0.25, 0.3) is 0 Å². The van der Waals surface area contributed by atoms with Crippen LogP contribution in [0.15, 0.2) is 60.0 Å². The maximum Gasteiger partial charge on any atom is 0.234 e. The Hall–Kier alpha value is -3.79. The third-order valence-corrected chi connectivity index (χ3v) is 5.67. The summed E-state index contributed by atoms with van der Waals surface area (Å²) in [6, 6.07) is 12.7. The minimum Gasteiger partial charge on any atom is -0.497 e. The van der Waals surface area contributed by atoms with Gasteiger partial charge in [-0.1, -0.05) is 11.8 Å². The van der Waals surface area contributed by atoms with E-state index >= 15 is 0 Å². The summed E-state index contributed by atoms with van der Waals surface area (Å²) in [6.07, 6.45) is 3.17. The zero-order valence-corrected chi connectivity index (χ0v) is 18.5. The zero-order chi connectivity index (χ0) is 22.5. The molecule has 0 aliphatic rings. The van der Waals surface area contributed by atoms with E-state index in [4.69, 9.17) is 14.2 Å². The number of aromatic nitrogens is 4. The molecular formula is C22H21N5O4S. The fraction of sp³-hybridized carbons (Fsp3) is 0.182. The van der Waals surface area contributed by atoms with E-state index in [2.05, 4.69) is 20.4 Å². The van der Waals surface area contributed by atoms with Crippen LogP contribution in [0, 0.1) is 0 Å². The molecule has 0 spiro atoms. The van der Waals surface area contributed by atoms with E-state index in [9.17, 15) is 4.79 Å². The lowest BCUT2D eigenvalue weighted by Crippen LogP contribution is -2.14. The van der Waals surface area contributed by atoms with Crippen LogP contribution in [0.3, 0.4) is 0 Å². The quantitative estimate of drug-likeness (QED) is 0.321. The number of carbonyl (C=O) groups is 1. The van der Waals surface area contributed by atoms with E-state index in [0.29, 0.717) is 27.9 Å². The molecule has 0 atom stereocenters. The van der Waals surface area contributed by atoms with Gasteiger partial charge >= 0.3 is 0 Å². The molecule has 9 nitrogen and oxygen atoms in total. The van der Waals surface area contributed by atoms with Crippen molar-refractivity contribution in [3.05, 3.63) is 55.0 Å². The van der Waals surface area contributed by atoms with E-state index in [1.54, 1.807) is 43.3 Å². The zero-order valence-electron chi connectivity index (χ0n) is 17.7. The number of fused-ring (bicyclic) bond motifs is 1. The van der Waals surface area contributed by atoms with Crippen molar-refractivity contribution in [3.8, 4) is 22.9 Å². The summed E-state index contributed by atoms with van der Waals surface area (Å²) in [5, 5.41) is 8.74. The first kappa shape index (κ1) is 21.4. The van der Waals surface area contributed by atoms with Gasteiger partial charge in [0, 0.05) is 6.07 Å². The Kier molecular flexibility index (Phi) is 6.41. The molecule has 0 saturated carbocycles. The maximum atomic E-state index is 12.5. The van der Waals surface area contributed by atoms with Crippen LogP contribution in [0.2, 0.25) is 0 Å². The molecule has 0 unspecified atom stereocenters. The van der Waals surface area contributed by atoms with Crippen LogP contribution in [0.4, 0.5) is 5.69 Å². The highest BCUT2D eigenvalue weighted by atomic mass is 32.2. The first-order chi connectivity index (χ1) is 15.6. The fourth-order valence-electron chi connectivity index (χ4n) is 3.07. The van der Waals surface area contributed by atoms with Crippen LogP contribution in [0.1, 0.15) is 0 Å². The van der Waals surface area contributed by atoms with E-state index in [1.807, 2.05) is 24.3 Å². The number of ether oxygens (including phenoxy) is 3. The Morgan fingerprint density at radius 3 is 2.47 bits per heavy atom. The van der Waals surface area contributed by atoms with Gasteiger partial charge < -0.3 is 19.5 Å². The van der Waals surface area contributed by atoms with Gasteiger partial charge in [0.15, 0.2) is 5.65 Å². The number of hydrogen-bond acceptors (Lipinski definition) is 8. The second kappa shape index (κ2) is 9.56. The lowest BCUT2D eigenvalue weighted by atomic mass is 10.2. The minimum atomic E-state index is -0.187. The summed E-state index contributed by atoms with van der Waals surface area (Å²) >= 11 is 1.31. The lowest BCUT2D eigenvalue weighted by Gasteiger charge is -2.11. The number of methoxy groups -OCH3 is 3. The molecule has 32 heavy (non-hydrogen) atoms. The molecule has 0 saturated heterocycles. The summed E-state index contributed by atoms with van der Waals surface area (Å²) in [5.74, 6) is 1.90. The Morgan fingerprint density at radius 1 is 1.00 bits per heavy atom. The number of thioether (sulfide) groups is 1. The first-order valence-corrected chi connectivity index (χ1v) is 10.6. The summed E-state index contributed by atoms with van der Waals surface area (Å²) in [4.78, 5) is 21.2. The number of nitrogens with zero attached hydrogens (tertiary/aromatic N) is 4. The van der Waals surface area contributed by atoms with Gasteiger partial charge in [-0.3, -0.25) is 4.79 Å². The molecule has 2 aromatic carbocycles. The Morgan fingerprint density at radius 2 is 1.75 bits per heavy atom.